The zero-order valence-electron chi connectivity index (χ0n) is 18.5. The van der Waals surface area contributed by atoms with Gasteiger partial charge in [-0.15, -0.1) is 0 Å². The zero-order chi connectivity index (χ0) is 23.2. The van der Waals surface area contributed by atoms with Crippen molar-refractivity contribution in [3.05, 3.63) is 78.0 Å². The quantitative estimate of drug-likeness (QED) is 0.550. The summed E-state index contributed by atoms with van der Waals surface area (Å²) in [6.07, 6.45) is 6.44. The SMILES string of the molecule is Cc1ccc(-c2ccc(S(=O)NC3CCC(C(=O)NCc4ccc(F)cc4)CC3)cn2)cn1. The van der Waals surface area contributed by atoms with Crippen LogP contribution in [0, 0.1) is 18.7 Å². The summed E-state index contributed by atoms with van der Waals surface area (Å²) in [5.74, 6) is -0.325. The smallest absolute Gasteiger partial charge is 0.223 e. The fourth-order valence-electron chi connectivity index (χ4n) is 3.91. The van der Waals surface area contributed by atoms with Gasteiger partial charge in [-0.25, -0.2) is 13.3 Å². The fraction of sp³-hybridized carbons (Fsp3) is 0.320. The molecule has 0 radical (unpaired) electrons. The summed E-state index contributed by atoms with van der Waals surface area (Å²) in [7, 11) is -1.36. The van der Waals surface area contributed by atoms with Crippen LogP contribution in [-0.4, -0.2) is 26.1 Å². The summed E-state index contributed by atoms with van der Waals surface area (Å²) in [6, 6.07) is 13.8. The van der Waals surface area contributed by atoms with Crippen LogP contribution in [-0.2, 0) is 22.3 Å². The molecule has 1 atom stereocenters. The number of halogens is 1. The van der Waals surface area contributed by atoms with E-state index in [1.165, 1.54) is 12.1 Å². The monoisotopic (exact) mass is 466 g/mol. The van der Waals surface area contributed by atoms with E-state index in [0.717, 1.165) is 48.2 Å². The van der Waals surface area contributed by atoms with Crippen LogP contribution in [0.2, 0.25) is 0 Å². The van der Waals surface area contributed by atoms with Crippen LogP contribution in [0.25, 0.3) is 11.3 Å². The summed E-state index contributed by atoms with van der Waals surface area (Å²) in [4.78, 5) is 21.8. The second-order valence-electron chi connectivity index (χ2n) is 8.35. The van der Waals surface area contributed by atoms with Gasteiger partial charge in [0.15, 0.2) is 0 Å². The number of carbonyl (C=O) groups excluding carboxylic acids is 1. The molecule has 1 fully saturated rings. The molecule has 2 aromatic heterocycles. The lowest BCUT2D eigenvalue weighted by Crippen LogP contribution is -2.39. The van der Waals surface area contributed by atoms with Gasteiger partial charge in [-0.3, -0.25) is 14.8 Å². The lowest BCUT2D eigenvalue weighted by atomic mass is 9.86. The number of hydrogen-bond acceptors (Lipinski definition) is 4. The summed E-state index contributed by atoms with van der Waals surface area (Å²) in [5, 5.41) is 2.94. The van der Waals surface area contributed by atoms with Crippen LogP contribution < -0.4 is 10.0 Å². The third-order valence-electron chi connectivity index (χ3n) is 5.91. The largest absolute Gasteiger partial charge is 0.352 e. The Morgan fingerprint density at radius 1 is 1.00 bits per heavy atom. The van der Waals surface area contributed by atoms with Crippen LogP contribution in [0.5, 0.6) is 0 Å². The molecule has 0 aliphatic heterocycles. The molecule has 8 heteroatoms. The van der Waals surface area contributed by atoms with Gasteiger partial charge in [0.25, 0.3) is 0 Å². The molecule has 1 aromatic carbocycles. The molecule has 2 N–H and O–H groups in total. The predicted octanol–water partition coefficient (Wildman–Crippen LogP) is 4.08. The van der Waals surface area contributed by atoms with E-state index in [-0.39, 0.29) is 23.7 Å². The fourth-order valence-corrected chi connectivity index (χ4v) is 4.92. The molecule has 33 heavy (non-hydrogen) atoms. The number of nitrogens with one attached hydrogen (secondary N) is 2. The molecule has 1 aliphatic carbocycles. The van der Waals surface area contributed by atoms with Crippen molar-refractivity contribution in [3.8, 4) is 11.3 Å². The molecule has 4 rings (SSSR count). The third kappa shape index (κ3) is 6.30. The van der Waals surface area contributed by atoms with Gasteiger partial charge in [0.1, 0.15) is 16.8 Å². The second-order valence-corrected chi connectivity index (χ2v) is 9.59. The molecule has 6 nitrogen and oxygen atoms in total. The van der Waals surface area contributed by atoms with Gasteiger partial charge in [0.2, 0.25) is 5.91 Å². The van der Waals surface area contributed by atoms with E-state index in [1.807, 2.05) is 31.2 Å². The molecule has 0 spiro atoms. The van der Waals surface area contributed by atoms with Crippen molar-refractivity contribution < 1.29 is 13.4 Å². The summed E-state index contributed by atoms with van der Waals surface area (Å²) in [6.45, 7) is 2.33. The molecule has 1 saturated carbocycles. The van der Waals surface area contributed by atoms with Crippen LogP contribution in [0.4, 0.5) is 4.39 Å². The first kappa shape index (κ1) is 23.2. The van der Waals surface area contributed by atoms with E-state index in [1.54, 1.807) is 24.5 Å². The Morgan fingerprint density at radius 3 is 2.39 bits per heavy atom. The zero-order valence-corrected chi connectivity index (χ0v) is 19.3. The average Bonchev–Trinajstić information content (AvgIpc) is 2.84. The first-order valence-electron chi connectivity index (χ1n) is 11.1. The van der Waals surface area contributed by atoms with Crippen LogP contribution in [0.1, 0.15) is 36.9 Å². The minimum atomic E-state index is -1.36. The summed E-state index contributed by atoms with van der Waals surface area (Å²) >= 11 is 0. The average molecular weight is 467 g/mol. The number of benzene rings is 1. The number of nitrogens with zero attached hydrogens (tertiary/aromatic N) is 2. The van der Waals surface area contributed by atoms with E-state index in [9.17, 15) is 13.4 Å². The van der Waals surface area contributed by atoms with Crippen molar-refractivity contribution in [3.63, 3.8) is 0 Å². The van der Waals surface area contributed by atoms with Crippen LogP contribution >= 0.6 is 0 Å². The molecular formula is C25H27FN4O2S. The second kappa shape index (κ2) is 10.8. The summed E-state index contributed by atoms with van der Waals surface area (Å²) in [5.41, 5.74) is 3.52. The van der Waals surface area contributed by atoms with E-state index in [2.05, 4.69) is 20.0 Å². The Kier molecular flexibility index (Phi) is 7.57. The number of pyridine rings is 2. The van der Waals surface area contributed by atoms with E-state index < -0.39 is 11.0 Å². The van der Waals surface area contributed by atoms with Gasteiger partial charge in [-0.1, -0.05) is 12.1 Å². The number of rotatable bonds is 7. The number of amides is 1. The van der Waals surface area contributed by atoms with Gasteiger partial charge in [0.05, 0.1) is 10.6 Å². The molecule has 1 unspecified atom stereocenters. The van der Waals surface area contributed by atoms with E-state index in [0.29, 0.717) is 11.4 Å². The van der Waals surface area contributed by atoms with Gasteiger partial charge in [-0.05, 0) is 74.6 Å². The van der Waals surface area contributed by atoms with Crippen molar-refractivity contribution in [1.82, 2.24) is 20.0 Å². The van der Waals surface area contributed by atoms with Crippen molar-refractivity contribution >= 4 is 16.9 Å². The maximum atomic E-state index is 13.0. The van der Waals surface area contributed by atoms with Crippen LogP contribution in [0.15, 0.2) is 65.8 Å². The highest BCUT2D eigenvalue weighted by atomic mass is 32.2. The van der Waals surface area contributed by atoms with Gasteiger partial charge < -0.3 is 5.32 Å². The Bertz CT molecular complexity index is 1100. The third-order valence-corrected chi connectivity index (χ3v) is 7.13. The van der Waals surface area contributed by atoms with Crippen molar-refractivity contribution in [2.24, 2.45) is 5.92 Å². The molecule has 172 valence electrons. The molecule has 1 aliphatic rings. The number of carbonyl (C=O) groups is 1. The van der Waals surface area contributed by atoms with Crippen molar-refractivity contribution in [2.75, 3.05) is 0 Å². The number of aromatic nitrogens is 2. The Morgan fingerprint density at radius 2 is 1.76 bits per heavy atom. The van der Waals surface area contributed by atoms with Gasteiger partial charge in [-0.2, -0.15) is 0 Å². The van der Waals surface area contributed by atoms with Crippen LogP contribution in [0.3, 0.4) is 0 Å². The Balaban J connectivity index is 1.23. The molecular weight excluding hydrogens is 439 g/mol. The summed E-state index contributed by atoms with van der Waals surface area (Å²) < 4.78 is 28.9. The minimum Gasteiger partial charge on any atom is -0.352 e. The van der Waals surface area contributed by atoms with Gasteiger partial charge >= 0.3 is 0 Å². The number of aryl methyl sites for hydroxylation is 1. The van der Waals surface area contributed by atoms with E-state index in [4.69, 9.17) is 0 Å². The lowest BCUT2D eigenvalue weighted by molar-refractivity contribution is -0.126. The molecule has 0 bridgehead atoms. The normalized spacial score (nSPS) is 19.1. The molecule has 3 aromatic rings. The van der Waals surface area contributed by atoms with Crippen molar-refractivity contribution in [1.29, 1.82) is 0 Å². The standard InChI is InChI=1S/C25H27FN4O2S/c1-17-2-5-20(15-27-17)24-13-12-23(16-28-24)33(32)30-22-10-6-19(7-11-22)25(31)29-14-18-3-8-21(26)9-4-18/h2-5,8-9,12-13,15-16,19,22,30H,6-7,10-11,14H2,1H3,(H,29,31). The van der Waals surface area contributed by atoms with Gasteiger partial charge in [0, 0.05) is 42.2 Å². The lowest BCUT2D eigenvalue weighted by Gasteiger charge is -2.28. The molecule has 2 heterocycles. The molecule has 1 amide bonds. The minimum absolute atomic E-state index is 0.0179. The maximum Gasteiger partial charge on any atom is 0.223 e. The Hall–Kier alpha value is -2.97. The first-order chi connectivity index (χ1) is 16.0. The molecule has 0 saturated heterocycles. The maximum absolute atomic E-state index is 13.0. The van der Waals surface area contributed by atoms with E-state index >= 15 is 0 Å². The Labute approximate surface area is 195 Å². The predicted molar refractivity (Wildman–Crippen MR) is 126 cm³/mol. The highest BCUT2D eigenvalue weighted by Gasteiger charge is 2.27. The van der Waals surface area contributed by atoms with Crippen molar-refractivity contribution in [2.45, 2.75) is 50.1 Å². The topological polar surface area (TPSA) is 84.0 Å². The highest BCUT2D eigenvalue weighted by molar-refractivity contribution is 7.83. The number of hydrogen-bond donors (Lipinski definition) is 2. The highest BCUT2D eigenvalue weighted by Crippen LogP contribution is 2.25. The first-order valence-corrected chi connectivity index (χ1v) is 12.2.